The lowest BCUT2D eigenvalue weighted by Gasteiger charge is -2.05. The smallest absolute Gasteiger partial charge is 0.255 e. The molecule has 0 heterocycles. The van der Waals surface area contributed by atoms with Crippen molar-refractivity contribution in [3.05, 3.63) is 59.7 Å². The van der Waals surface area contributed by atoms with Gasteiger partial charge in [-0.1, -0.05) is 5.92 Å². The lowest BCUT2D eigenvalue weighted by atomic mass is 10.2. The molecule has 0 unspecified atom stereocenters. The van der Waals surface area contributed by atoms with Crippen molar-refractivity contribution in [3.63, 3.8) is 0 Å². The van der Waals surface area contributed by atoms with Crippen LogP contribution in [0.1, 0.15) is 15.9 Å². The Morgan fingerprint density at radius 3 is 2.22 bits per heavy atom. The van der Waals surface area contributed by atoms with E-state index in [1.165, 1.54) is 0 Å². The first-order valence-corrected chi connectivity index (χ1v) is 5.42. The molecule has 0 fully saturated rings. The minimum Gasteiger partial charge on any atom is -0.399 e. The van der Waals surface area contributed by atoms with Gasteiger partial charge in [-0.25, -0.2) is 0 Å². The third kappa shape index (κ3) is 2.69. The lowest BCUT2D eigenvalue weighted by Crippen LogP contribution is -2.11. The van der Waals surface area contributed by atoms with Gasteiger partial charge in [0.05, 0.1) is 0 Å². The highest BCUT2D eigenvalue weighted by atomic mass is 16.1. The second-order valence-corrected chi connectivity index (χ2v) is 3.80. The third-order valence-electron chi connectivity index (χ3n) is 2.48. The van der Waals surface area contributed by atoms with Crippen molar-refractivity contribution in [2.24, 2.45) is 0 Å². The Balaban J connectivity index is 2.11. The van der Waals surface area contributed by atoms with E-state index in [-0.39, 0.29) is 5.91 Å². The van der Waals surface area contributed by atoms with E-state index < -0.39 is 0 Å². The fraction of sp³-hybridized carbons (Fsp3) is 0. The second kappa shape index (κ2) is 5.07. The Labute approximate surface area is 106 Å². The van der Waals surface area contributed by atoms with Crippen LogP contribution in [0.25, 0.3) is 0 Å². The normalized spacial score (nSPS) is 9.50. The zero-order chi connectivity index (χ0) is 13.0. The van der Waals surface area contributed by atoms with Crippen LogP contribution < -0.4 is 11.1 Å². The van der Waals surface area contributed by atoms with E-state index >= 15 is 0 Å². The predicted octanol–water partition coefficient (Wildman–Crippen LogP) is 2.50. The van der Waals surface area contributed by atoms with Gasteiger partial charge in [0.1, 0.15) is 0 Å². The largest absolute Gasteiger partial charge is 0.399 e. The molecule has 0 saturated carbocycles. The summed E-state index contributed by atoms with van der Waals surface area (Å²) in [5.74, 6) is 2.34. The number of hydrogen-bond acceptors (Lipinski definition) is 2. The van der Waals surface area contributed by atoms with Gasteiger partial charge in [0.15, 0.2) is 0 Å². The molecule has 18 heavy (non-hydrogen) atoms. The van der Waals surface area contributed by atoms with Gasteiger partial charge < -0.3 is 11.1 Å². The summed E-state index contributed by atoms with van der Waals surface area (Å²) < 4.78 is 0. The number of rotatable bonds is 2. The summed E-state index contributed by atoms with van der Waals surface area (Å²) in [5, 5.41) is 2.78. The topological polar surface area (TPSA) is 55.1 Å². The van der Waals surface area contributed by atoms with Gasteiger partial charge in [-0.3, -0.25) is 4.79 Å². The van der Waals surface area contributed by atoms with Gasteiger partial charge in [-0.15, -0.1) is 6.42 Å². The van der Waals surface area contributed by atoms with E-state index in [1.54, 1.807) is 48.5 Å². The molecule has 0 aromatic heterocycles. The summed E-state index contributed by atoms with van der Waals surface area (Å²) in [6, 6.07) is 13.8. The van der Waals surface area contributed by atoms with Crippen LogP contribution >= 0.6 is 0 Å². The molecule has 0 spiro atoms. The molecule has 88 valence electrons. The predicted molar refractivity (Wildman–Crippen MR) is 73.2 cm³/mol. The molecule has 0 saturated heterocycles. The van der Waals surface area contributed by atoms with Crippen LogP contribution in [0, 0.1) is 12.3 Å². The molecule has 1 amide bonds. The fourth-order valence-corrected chi connectivity index (χ4v) is 1.49. The number of carbonyl (C=O) groups excluding carboxylic acids is 1. The van der Waals surface area contributed by atoms with Crippen LogP contribution in [0.5, 0.6) is 0 Å². The van der Waals surface area contributed by atoms with Crippen LogP contribution in [-0.4, -0.2) is 5.91 Å². The molecule has 2 aromatic rings. The Morgan fingerprint density at radius 1 is 1.06 bits per heavy atom. The minimum absolute atomic E-state index is 0.177. The Morgan fingerprint density at radius 2 is 1.67 bits per heavy atom. The first-order chi connectivity index (χ1) is 8.69. The van der Waals surface area contributed by atoms with E-state index in [4.69, 9.17) is 12.2 Å². The van der Waals surface area contributed by atoms with Gasteiger partial charge >= 0.3 is 0 Å². The molecule has 0 radical (unpaired) electrons. The molecule has 2 aromatic carbocycles. The molecule has 3 heteroatoms. The average molecular weight is 236 g/mol. The Hall–Kier alpha value is -2.73. The van der Waals surface area contributed by atoms with Crippen molar-refractivity contribution in [1.29, 1.82) is 0 Å². The van der Waals surface area contributed by atoms with Gasteiger partial charge in [0, 0.05) is 22.5 Å². The lowest BCUT2D eigenvalue weighted by molar-refractivity contribution is 0.102. The summed E-state index contributed by atoms with van der Waals surface area (Å²) in [7, 11) is 0. The number of carbonyl (C=O) groups is 1. The van der Waals surface area contributed by atoms with Crippen LogP contribution in [-0.2, 0) is 0 Å². The van der Waals surface area contributed by atoms with E-state index in [0.717, 1.165) is 5.56 Å². The fourth-order valence-electron chi connectivity index (χ4n) is 1.49. The van der Waals surface area contributed by atoms with Crippen LogP contribution in [0.3, 0.4) is 0 Å². The van der Waals surface area contributed by atoms with Gasteiger partial charge in [0.25, 0.3) is 5.91 Å². The standard InChI is InChI=1S/C15H12N2O/c1-2-11-3-9-14(10-4-11)17-15(18)12-5-7-13(16)8-6-12/h1,3-10H,16H2,(H,17,18). The van der Waals surface area contributed by atoms with Crippen molar-refractivity contribution >= 4 is 17.3 Å². The number of hydrogen-bond donors (Lipinski definition) is 2. The Bertz CT molecular complexity index is 592. The van der Waals surface area contributed by atoms with Crippen molar-refractivity contribution in [2.45, 2.75) is 0 Å². The maximum Gasteiger partial charge on any atom is 0.255 e. The van der Waals surface area contributed by atoms with Crippen molar-refractivity contribution in [3.8, 4) is 12.3 Å². The van der Waals surface area contributed by atoms with Crippen LogP contribution in [0.15, 0.2) is 48.5 Å². The number of amides is 1. The summed E-state index contributed by atoms with van der Waals surface area (Å²) in [6.45, 7) is 0. The van der Waals surface area contributed by atoms with Crippen molar-refractivity contribution in [2.75, 3.05) is 11.1 Å². The molecule has 3 nitrogen and oxygen atoms in total. The highest BCUT2D eigenvalue weighted by Gasteiger charge is 2.05. The van der Waals surface area contributed by atoms with Crippen LogP contribution in [0.2, 0.25) is 0 Å². The first kappa shape index (κ1) is 11.7. The number of nitrogens with one attached hydrogen (secondary N) is 1. The molecular formula is C15H12N2O. The SMILES string of the molecule is C#Cc1ccc(NC(=O)c2ccc(N)cc2)cc1. The molecule has 0 aliphatic heterocycles. The summed E-state index contributed by atoms with van der Waals surface area (Å²) in [6.07, 6.45) is 5.26. The maximum absolute atomic E-state index is 11.9. The summed E-state index contributed by atoms with van der Waals surface area (Å²) in [5.41, 5.74) is 8.23. The molecule has 0 aliphatic rings. The maximum atomic E-state index is 11.9. The average Bonchev–Trinajstić information content (AvgIpc) is 2.40. The van der Waals surface area contributed by atoms with Gasteiger partial charge in [-0.05, 0) is 48.5 Å². The number of benzene rings is 2. The number of anilines is 2. The summed E-state index contributed by atoms with van der Waals surface area (Å²) in [4.78, 5) is 11.9. The zero-order valence-corrected chi connectivity index (χ0v) is 9.68. The number of nitrogens with two attached hydrogens (primary N) is 1. The molecular weight excluding hydrogens is 224 g/mol. The Kier molecular flexibility index (Phi) is 3.31. The van der Waals surface area contributed by atoms with E-state index in [9.17, 15) is 4.79 Å². The van der Waals surface area contributed by atoms with Gasteiger partial charge in [0.2, 0.25) is 0 Å². The molecule has 0 aliphatic carbocycles. The van der Waals surface area contributed by atoms with E-state index in [2.05, 4.69) is 11.2 Å². The molecule has 0 atom stereocenters. The van der Waals surface area contributed by atoms with Crippen molar-refractivity contribution < 1.29 is 4.79 Å². The van der Waals surface area contributed by atoms with Crippen LogP contribution in [0.4, 0.5) is 11.4 Å². The second-order valence-electron chi connectivity index (χ2n) is 3.80. The monoisotopic (exact) mass is 236 g/mol. The third-order valence-corrected chi connectivity index (χ3v) is 2.48. The quantitative estimate of drug-likeness (QED) is 0.621. The minimum atomic E-state index is -0.177. The van der Waals surface area contributed by atoms with Gasteiger partial charge in [-0.2, -0.15) is 0 Å². The molecule has 2 rings (SSSR count). The van der Waals surface area contributed by atoms with E-state index in [0.29, 0.717) is 16.9 Å². The summed E-state index contributed by atoms with van der Waals surface area (Å²) >= 11 is 0. The van der Waals surface area contributed by atoms with E-state index in [1.807, 2.05) is 0 Å². The molecule has 0 bridgehead atoms. The van der Waals surface area contributed by atoms with Crippen molar-refractivity contribution in [1.82, 2.24) is 0 Å². The highest BCUT2D eigenvalue weighted by Crippen LogP contribution is 2.12. The number of terminal acetylenes is 1. The number of nitrogen functional groups attached to an aromatic ring is 1. The molecule has 3 N–H and O–H groups in total. The first-order valence-electron chi connectivity index (χ1n) is 5.42. The zero-order valence-electron chi connectivity index (χ0n) is 9.68. The highest BCUT2D eigenvalue weighted by molar-refractivity contribution is 6.04.